The van der Waals surface area contributed by atoms with Crippen molar-refractivity contribution in [3.63, 3.8) is 0 Å². The number of hydrogen-bond donors (Lipinski definition) is 2. The molecule has 3 unspecified atom stereocenters. The lowest BCUT2D eigenvalue weighted by Crippen LogP contribution is -2.46. The molecule has 7 heteroatoms. The first kappa shape index (κ1) is 21.3. The Morgan fingerprint density at radius 2 is 2.15 bits per heavy atom. The molecule has 2 fully saturated rings. The van der Waals surface area contributed by atoms with E-state index in [2.05, 4.69) is 21.7 Å². The quantitative estimate of drug-likeness (QED) is 0.378. The van der Waals surface area contributed by atoms with E-state index in [1.165, 1.54) is 5.56 Å². The van der Waals surface area contributed by atoms with Crippen molar-refractivity contribution in [3.05, 3.63) is 34.9 Å². The number of halogens is 2. The fraction of sp³-hybridized carbons (Fsp3) is 0.579. The van der Waals surface area contributed by atoms with Gasteiger partial charge in [0.25, 0.3) is 0 Å². The molecule has 1 aliphatic heterocycles. The highest BCUT2D eigenvalue weighted by molar-refractivity contribution is 14.0. The minimum Gasteiger partial charge on any atom is -0.353 e. The number of carbonyl (C=O) groups excluding carboxylic acids is 1. The average molecular weight is 491 g/mol. The van der Waals surface area contributed by atoms with E-state index in [0.717, 1.165) is 43.5 Å². The Labute approximate surface area is 178 Å². The van der Waals surface area contributed by atoms with Gasteiger partial charge in [0, 0.05) is 49.1 Å². The molecule has 1 saturated carbocycles. The molecular formula is C19H28ClIN4O. The highest BCUT2D eigenvalue weighted by Gasteiger charge is 2.39. The van der Waals surface area contributed by atoms with Gasteiger partial charge in [-0.05, 0) is 37.5 Å². The molecule has 5 nitrogen and oxygen atoms in total. The Bertz CT molecular complexity index is 654. The predicted molar refractivity (Wildman–Crippen MR) is 118 cm³/mol. The zero-order valence-electron chi connectivity index (χ0n) is 15.4. The number of rotatable bonds is 5. The SMILES string of the molecule is CCN=C(NC1CCN(C(=O)CC)C1)NC1CC1c1cccc(Cl)c1.I. The number of likely N-dealkylation sites (tertiary alicyclic amines) is 1. The molecule has 2 N–H and O–H groups in total. The monoisotopic (exact) mass is 490 g/mol. The first-order valence-electron chi connectivity index (χ1n) is 9.21. The summed E-state index contributed by atoms with van der Waals surface area (Å²) < 4.78 is 0. The summed E-state index contributed by atoms with van der Waals surface area (Å²) in [6.45, 7) is 6.27. The Hall–Kier alpha value is -1.02. The summed E-state index contributed by atoms with van der Waals surface area (Å²) in [7, 11) is 0. The van der Waals surface area contributed by atoms with Crippen LogP contribution in [0, 0.1) is 0 Å². The minimum atomic E-state index is 0. The van der Waals surface area contributed by atoms with Gasteiger partial charge < -0.3 is 15.5 Å². The van der Waals surface area contributed by atoms with E-state index in [-0.39, 0.29) is 35.9 Å². The number of benzene rings is 1. The van der Waals surface area contributed by atoms with Crippen molar-refractivity contribution in [1.82, 2.24) is 15.5 Å². The van der Waals surface area contributed by atoms with E-state index in [9.17, 15) is 4.79 Å². The zero-order valence-corrected chi connectivity index (χ0v) is 18.5. The van der Waals surface area contributed by atoms with Crippen LogP contribution in [0.2, 0.25) is 5.02 Å². The number of carbonyl (C=O) groups is 1. The molecule has 1 aliphatic carbocycles. The summed E-state index contributed by atoms with van der Waals surface area (Å²) in [6, 6.07) is 8.76. The third kappa shape index (κ3) is 5.49. The number of hydrogen-bond acceptors (Lipinski definition) is 2. The van der Waals surface area contributed by atoms with Crippen LogP contribution in [0.1, 0.15) is 44.6 Å². The van der Waals surface area contributed by atoms with Gasteiger partial charge in [-0.2, -0.15) is 0 Å². The summed E-state index contributed by atoms with van der Waals surface area (Å²) in [5.41, 5.74) is 1.28. The van der Waals surface area contributed by atoms with Crippen molar-refractivity contribution in [2.24, 2.45) is 4.99 Å². The number of guanidine groups is 1. The van der Waals surface area contributed by atoms with Crippen LogP contribution in [0.25, 0.3) is 0 Å². The molecule has 26 heavy (non-hydrogen) atoms. The van der Waals surface area contributed by atoms with Crippen LogP contribution in [0.3, 0.4) is 0 Å². The van der Waals surface area contributed by atoms with Gasteiger partial charge in [0.2, 0.25) is 5.91 Å². The first-order chi connectivity index (χ1) is 12.1. The third-order valence-electron chi connectivity index (χ3n) is 4.89. The Morgan fingerprint density at radius 3 is 2.85 bits per heavy atom. The Balaban J connectivity index is 0.00000243. The Morgan fingerprint density at radius 1 is 1.35 bits per heavy atom. The van der Waals surface area contributed by atoms with Crippen LogP contribution in [0.15, 0.2) is 29.3 Å². The second-order valence-corrected chi connectivity index (χ2v) is 7.23. The topological polar surface area (TPSA) is 56.7 Å². The lowest BCUT2D eigenvalue weighted by atomic mass is 10.1. The van der Waals surface area contributed by atoms with Gasteiger partial charge in [0.05, 0.1) is 0 Å². The molecule has 0 bridgehead atoms. The summed E-state index contributed by atoms with van der Waals surface area (Å²) in [5.74, 6) is 1.58. The van der Waals surface area contributed by atoms with E-state index in [0.29, 0.717) is 18.4 Å². The van der Waals surface area contributed by atoms with Crippen molar-refractivity contribution >= 4 is 47.4 Å². The minimum absolute atomic E-state index is 0. The maximum atomic E-state index is 11.8. The largest absolute Gasteiger partial charge is 0.353 e. The average Bonchev–Trinajstić information content (AvgIpc) is 3.21. The van der Waals surface area contributed by atoms with Crippen LogP contribution in [0.5, 0.6) is 0 Å². The van der Waals surface area contributed by atoms with E-state index in [1.807, 2.05) is 36.9 Å². The van der Waals surface area contributed by atoms with Crippen molar-refractivity contribution in [3.8, 4) is 0 Å². The number of nitrogens with one attached hydrogen (secondary N) is 2. The predicted octanol–water partition coefficient (Wildman–Crippen LogP) is 3.38. The molecule has 3 rings (SSSR count). The molecule has 1 aromatic carbocycles. The molecule has 0 radical (unpaired) electrons. The fourth-order valence-corrected chi connectivity index (χ4v) is 3.65. The van der Waals surface area contributed by atoms with E-state index < -0.39 is 0 Å². The highest BCUT2D eigenvalue weighted by Crippen LogP contribution is 2.41. The number of nitrogens with zero attached hydrogens (tertiary/aromatic N) is 2. The van der Waals surface area contributed by atoms with Gasteiger partial charge >= 0.3 is 0 Å². The van der Waals surface area contributed by atoms with Gasteiger partial charge in [0.15, 0.2) is 5.96 Å². The summed E-state index contributed by atoms with van der Waals surface area (Å²) >= 11 is 6.10. The van der Waals surface area contributed by atoms with Crippen molar-refractivity contribution in [1.29, 1.82) is 0 Å². The van der Waals surface area contributed by atoms with Crippen LogP contribution in [0.4, 0.5) is 0 Å². The van der Waals surface area contributed by atoms with Crippen LogP contribution >= 0.6 is 35.6 Å². The first-order valence-corrected chi connectivity index (χ1v) is 9.59. The van der Waals surface area contributed by atoms with E-state index in [4.69, 9.17) is 11.6 Å². The van der Waals surface area contributed by atoms with Crippen LogP contribution in [-0.4, -0.2) is 48.5 Å². The van der Waals surface area contributed by atoms with Crippen molar-refractivity contribution in [2.45, 2.75) is 51.1 Å². The second-order valence-electron chi connectivity index (χ2n) is 6.79. The normalized spacial score (nSPS) is 24.8. The molecule has 1 aromatic rings. The third-order valence-corrected chi connectivity index (χ3v) is 5.12. The molecule has 2 aliphatic rings. The molecule has 1 heterocycles. The lowest BCUT2D eigenvalue weighted by molar-refractivity contribution is -0.129. The van der Waals surface area contributed by atoms with Gasteiger partial charge in [-0.15, -0.1) is 24.0 Å². The van der Waals surface area contributed by atoms with Gasteiger partial charge in [-0.1, -0.05) is 30.7 Å². The molecule has 0 aromatic heterocycles. The van der Waals surface area contributed by atoms with Gasteiger partial charge in [-0.25, -0.2) is 0 Å². The Kier molecular flexibility index (Phi) is 8.01. The number of aliphatic imine (C=N–C) groups is 1. The summed E-state index contributed by atoms with van der Waals surface area (Å²) in [6.07, 6.45) is 2.64. The van der Waals surface area contributed by atoms with E-state index >= 15 is 0 Å². The zero-order chi connectivity index (χ0) is 17.8. The van der Waals surface area contributed by atoms with Crippen molar-refractivity contribution in [2.75, 3.05) is 19.6 Å². The van der Waals surface area contributed by atoms with Crippen LogP contribution in [-0.2, 0) is 4.79 Å². The van der Waals surface area contributed by atoms with Crippen molar-refractivity contribution < 1.29 is 4.79 Å². The summed E-state index contributed by atoms with van der Waals surface area (Å²) in [5, 5.41) is 7.82. The standard InChI is InChI=1S/C19H27ClN4O.HI/c1-3-18(25)24-9-8-15(12-24)22-19(21-4-2)23-17-11-16(17)13-6-5-7-14(20)10-13;/h5-7,10,15-17H,3-4,8-9,11-12H2,1-2H3,(H2,21,22,23);1H. The molecule has 0 spiro atoms. The maximum Gasteiger partial charge on any atom is 0.222 e. The molecule has 1 amide bonds. The highest BCUT2D eigenvalue weighted by atomic mass is 127. The molecular weight excluding hydrogens is 463 g/mol. The summed E-state index contributed by atoms with van der Waals surface area (Å²) in [4.78, 5) is 18.3. The van der Waals surface area contributed by atoms with Crippen LogP contribution < -0.4 is 10.6 Å². The lowest BCUT2D eigenvalue weighted by Gasteiger charge is -2.19. The molecule has 144 valence electrons. The van der Waals surface area contributed by atoms with Gasteiger partial charge in [0.1, 0.15) is 0 Å². The molecule has 3 atom stereocenters. The fourth-order valence-electron chi connectivity index (χ4n) is 3.45. The van der Waals surface area contributed by atoms with Gasteiger partial charge in [-0.3, -0.25) is 9.79 Å². The smallest absolute Gasteiger partial charge is 0.222 e. The number of amides is 1. The van der Waals surface area contributed by atoms with E-state index in [1.54, 1.807) is 0 Å². The second kappa shape index (κ2) is 9.78. The maximum absolute atomic E-state index is 11.8. The molecule has 1 saturated heterocycles.